The minimum Gasteiger partial charge on any atom is -0.338 e. The first-order valence-corrected chi connectivity index (χ1v) is 10.0. The number of urea groups is 1. The summed E-state index contributed by atoms with van der Waals surface area (Å²) < 4.78 is 37.9. The van der Waals surface area contributed by atoms with Gasteiger partial charge in [0.25, 0.3) is 0 Å². The zero-order valence-electron chi connectivity index (χ0n) is 17.3. The van der Waals surface area contributed by atoms with Gasteiger partial charge < -0.3 is 10.6 Å². The van der Waals surface area contributed by atoms with E-state index in [4.69, 9.17) is 9.78 Å². The van der Waals surface area contributed by atoms with Crippen molar-refractivity contribution in [3.05, 3.63) is 102 Å². The number of benzene rings is 3. The molecule has 0 fully saturated rings. The molecular weight excluding hydrogens is 437 g/mol. The highest BCUT2D eigenvalue weighted by atomic mass is 19.4. The predicted octanol–water partition coefficient (Wildman–Crippen LogP) is 5.75. The molecule has 6 nitrogen and oxygen atoms in total. The molecule has 3 aromatic carbocycles. The Kier molecular flexibility index (Phi) is 8.04. The highest BCUT2D eigenvalue weighted by molar-refractivity contribution is 5.89. The normalized spacial score (nSPS) is 12.0. The van der Waals surface area contributed by atoms with E-state index < -0.39 is 29.8 Å². The van der Waals surface area contributed by atoms with Crippen LogP contribution in [0.5, 0.6) is 0 Å². The van der Waals surface area contributed by atoms with Crippen LogP contribution in [0.15, 0.2) is 84.9 Å². The van der Waals surface area contributed by atoms with Gasteiger partial charge in [-0.1, -0.05) is 48.5 Å². The van der Waals surface area contributed by atoms with Gasteiger partial charge in [0.15, 0.2) is 0 Å². The number of anilines is 1. The molecule has 0 heterocycles. The Morgan fingerprint density at radius 1 is 0.848 bits per heavy atom. The van der Waals surface area contributed by atoms with Gasteiger partial charge in [-0.3, -0.25) is 4.89 Å². The second kappa shape index (κ2) is 11.1. The molecule has 33 heavy (non-hydrogen) atoms. The van der Waals surface area contributed by atoms with Gasteiger partial charge in [-0.25, -0.2) is 9.59 Å². The molecule has 0 aliphatic heterocycles. The minimum atomic E-state index is -4.45. The quantitative estimate of drug-likeness (QED) is 0.333. The first-order valence-electron chi connectivity index (χ1n) is 10.0. The van der Waals surface area contributed by atoms with Crippen molar-refractivity contribution in [3.63, 3.8) is 0 Å². The Labute approximate surface area is 188 Å². The number of halogens is 3. The summed E-state index contributed by atoms with van der Waals surface area (Å²) in [4.78, 5) is 34.6. The van der Waals surface area contributed by atoms with Crippen molar-refractivity contribution in [1.82, 2.24) is 5.32 Å². The van der Waals surface area contributed by atoms with Crippen LogP contribution in [0.25, 0.3) is 0 Å². The third-order valence-corrected chi connectivity index (χ3v) is 4.58. The third kappa shape index (κ3) is 7.36. The molecular formula is C24H21F3N2O4. The van der Waals surface area contributed by atoms with Crippen LogP contribution in [0.1, 0.15) is 34.0 Å². The van der Waals surface area contributed by atoms with Crippen molar-refractivity contribution in [1.29, 1.82) is 0 Å². The molecule has 3 aromatic rings. The van der Waals surface area contributed by atoms with Crippen LogP contribution in [0.2, 0.25) is 0 Å². The highest BCUT2D eigenvalue weighted by Crippen LogP contribution is 2.29. The number of carbonyl (C=O) groups is 2. The highest BCUT2D eigenvalue weighted by Gasteiger charge is 2.30. The molecule has 172 valence electrons. The van der Waals surface area contributed by atoms with E-state index in [1.54, 1.807) is 54.6 Å². The second-order valence-corrected chi connectivity index (χ2v) is 6.98. The first-order chi connectivity index (χ1) is 15.8. The summed E-state index contributed by atoms with van der Waals surface area (Å²) in [5.41, 5.74) is 0.483. The fraction of sp³-hybridized carbons (Fsp3) is 0.167. The smallest absolute Gasteiger partial charge is 0.338 e. The third-order valence-electron chi connectivity index (χ3n) is 4.58. The summed E-state index contributed by atoms with van der Waals surface area (Å²) in [6.45, 7) is 0.148. The van der Waals surface area contributed by atoms with Crippen molar-refractivity contribution in [3.8, 4) is 0 Å². The molecule has 0 saturated heterocycles. The molecule has 0 aliphatic carbocycles. The Hall–Kier alpha value is -3.85. The van der Waals surface area contributed by atoms with Crippen LogP contribution in [0.3, 0.4) is 0 Å². The van der Waals surface area contributed by atoms with Gasteiger partial charge in [0.1, 0.15) is 6.10 Å². The molecule has 0 aliphatic rings. The van der Waals surface area contributed by atoms with E-state index in [0.29, 0.717) is 5.56 Å². The van der Waals surface area contributed by atoms with E-state index in [2.05, 4.69) is 10.6 Å². The molecule has 0 bridgehead atoms. The monoisotopic (exact) mass is 458 g/mol. The maximum Gasteiger partial charge on any atom is 0.416 e. The van der Waals surface area contributed by atoms with Crippen LogP contribution in [0, 0.1) is 0 Å². The minimum absolute atomic E-state index is 0.148. The zero-order chi connectivity index (χ0) is 23.7. The summed E-state index contributed by atoms with van der Waals surface area (Å²) in [5, 5.41) is 5.07. The average molecular weight is 458 g/mol. The fourth-order valence-electron chi connectivity index (χ4n) is 2.90. The van der Waals surface area contributed by atoms with Crippen LogP contribution < -0.4 is 10.6 Å². The summed E-state index contributed by atoms with van der Waals surface area (Å²) in [6.07, 6.45) is -4.82. The van der Waals surface area contributed by atoms with Gasteiger partial charge in [-0.15, -0.1) is 0 Å². The van der Waals surface area contributed by atoms with Crippen molar-refractivity contribution in [2.75, 3.05) is 11.9 Å². The van der Waals surface area contributed by atoms with E-state index in [0.717, 1.165) is 17.7 Å². The summed E-state index contributed by atoms with van der Waals surface area (Å²) in [5.74, 6) is -0.649. The number of amides is 2. The Bertz CT molecular complexity index is 1040. The number of hydrogen-bond acceptors (Lipinski definition) is 4. The number of nitrogens with one attached hydrogen (secondary N) is 2. The number of rotatable bonds is 8. The molecule has 0 aromatic heterocycles. The topological polar surface area (TPSA) is 76.7 Å². The molecule has 2 amide bonds. The molecule has 3 rings (SSSR count). The first kappa shape index (κ1) is 23.8. The van der Waals surface area contributed by atoms with Gasteiger partial charge in [0, 0.05) is 12.2 Å². The molecule has 2 N–H and O–H groups in total. The van der Waals surface area contributed by atoms with Crippen molar-refractivity contribution < 1.29 is 32.5 Å². The lowest BCUT2D eigenvalue weighted by atomic mass is 10.1. The summed E-state index contributed by atoms with van der Waals surface area (Å²) in [6, 6.07) is 20.9. The number of hydrogen-bond donors (Lipinski definition) is 2. The number of carbonyl (C=O) groups excluding carboxylic acids is 2. The average Bonchev–Trinajstić information content (AvgIpc) is 2.82. The number of alkyl halides is 3. The van der Waals surface area contributed by atoms with Gasteiger partial charge in [0.2, 0.25) is 0 Å². The maximum atomic E-state index is 12.6. The molecule has 0 spiro atoms. The lowest BCUT2D eigenvalue weighted by molar-refractivity contribution is -0.278. The van der Waals surface area contributed by atoms with Crippen molar-refractivity contribution in [2.24, 2.45) is 0 Å². The van der Waals surface area contributed by atoms with E-state index >= 15 is 0 Å². The second-order valence-electron chi connectivity index (χ2n) is 6.98. The van der Waals surface area contributed by atoms with E-state index in [9.17, 15) is 22.8 Å². The molecule has 1 atom stereocenters. The maximum absolute atomic E-state index is 12.6. The lowest BCUT2D eigenvalue weighted by Gasteiger charge is -2.17. The van der Waals surface area contributed by atoms with Crippen LogP contribution >= 0.6 is 0 Å². The van der Waals surface area contributed by atoms with Crippen LogP contribution in [-0.2, 0) is 16.0 Å². The van der Waals surface area contributed by atoms with Gasteiger partial charge in [-0.2, -0.15) is 18.1 Å². The predicted molar refractivity (Wildman–Crippen MR) is 115 cm³/mol. The van der Waals surface area contributed by atoms with E-state index in [-0.39, 0.29) is 18.7 Å². The van der Waals surface area contributed by atoms with Gasteiger partial charge in [0.05, 0.1) is 11.1 Å². The van der Waals surface area contributed by atoms with E-state index in [1.807, 2.05) is 6.07 Å². The Balaban J connectivity index is 1.52. The Morgan fingerprint density at radius 2 is 1.45 bits per heavy atom. The van der Waals surface area contributed by atoms with Gasteiger partial charge in [-0.05, 0) is 48.4 Å². The zero-order valence-corrected chi connectivity index (χ0v) is 17.3. The molecule has 0 radical (unpaired) electrons. The summed E-state index contributed by atoms with van der Waals surface area (Å²) >= 11 is 0. The van der Waals surface area contributed by atoms with Gasteiger partial charge >= 0.3 is 18.2 Å². The molecule has 0 saturated carbocycles. The summed E-state index contributed by atoms with van der Waals surface area (Å²) in [7, 11) is 0. The van der Waals surface area contributed by atoms with Crippen molar-refractivity contribution in [2.45, 2.75) is 18.7 Å². The Morgan fingerprint density at radius 3 is 2.06 bits per heavy atom. The lowest BCUT2D eigenvalue weighted by Crippen LogP contribution is -2.30. The molecule has 1 unspecified atom stereocenters. The van der Waals surface area contributed by atoms with E-state index in [1.165, 1.54) is 12.1 Å². The standard InChI is InChI=1S/C24H21F3N2O4/c25-24(26,27)19-11-13-20(14-12-19)29-23(31)28-16-15-21(17-7-3-1-4-8-17)32-33-22(30)18-9-5-2-6-10-18/h1-14,21H,15-16H2,(H2,28,29,31). The van der Waals surface area contributed by atoms with Crippen LogP contribution in [0.4, 0.5) is 23.7 Å². The SMILES string of the molecule is O=C(NCCC(OOC(=O)c1ccccc1)c1ccccc1)Nc1ccc(C(F)(F)F)cc1. The fourth-order valence-corrected chi connectivity index (χ4v) is 2.90. The molecule has 9 heteroatoms. The van der Waals surface area contributed by atoms with Crippen molar-refractivity contribution >= 4 is 17.7 Å². The largest absolute Gasteiger partial charge is 0.416 e. The van der Waals surface area contributed by atoms with Crippen LogP contribution in [-0.4, -0.2) is 18.5 Å².